The maximum atomic E-state index is 15.2. The molecule has 0 bridgehead atoms. The highest BCUT2D eigenvalue weighted by Gasteiger charge is 2.38. The van der Waals surface area contributed by atoms with Crippen molar-refractivity contribution in [3.63, 3.8) is 0 Å². The van der Waals surface area contributed by atoms with E-state index >= 15 is 8.78 Å². The average Bonchev–Trinajstić information content (AvgIpc) is 2.89. The molecule has 2 aromatic carbocycles. The molecule has 0 saturated carbocycles. The van der Waals surface area contributed by atoms with E-state index in [0.29, 0.717) is 50.3 Å². The Labute approximate surface area is 237 Å². The van der Waals surface area contributed by atoms with E-state index in [1.54, 1.807) is 19.2 Å². The Morgan fingerprint density at radius 1 is 1.18 bits per heavy atom. The number of carbonyl (C=O) groups excluding carboxylic acids is 1. The highest BCUT2D eigenvalue weighted by molar-refractivity contribution is 7.99. The van der Waals surface area contributed by atoms with Gasteiger partial charge >= 0.3 is 0 Å². The minimum atomic E-state index is -4.55. The maximum absolute atomic E-state index is 15.2. The summed E-state index contributed by atoms with van der Waals surface area (Å²) in [6, 6.07) is 6.92. The predicted molar refractivity (Wildman–Crippen MR) is 146 cm³/mol. The van der Waals surface area contributed by atoms with Crippen LogP contribution in [0.5, 0.6) is 0 Å². The number of thioether (sulfide) groups is 1. The first kappa shape index (κ1) is 30.6. The molecule has 2 fully saturated rings. The fraction of sp³-hybridized carbons (Fsp3) is 0.519. The van der Waals surface area contributed by atoms with Crippen LogP contribution in [0, 0.1) is 17.5 Å². The summed E-state index contributed by atoms with van der Waals surface area (Å²) in [6.45, 7) is 3.99. The number of nitrogens with zero attached hydrogens (tertiary/aromatic N) is 1. The van der Waals surface area contributed by atoms with E-state index in [1.165, 1.54) is 30.8 Å². The van der Waals surface area contributed by atoms with Crippen molar-refractivity contribution in [3.8, 4) is 0 Å². The van der Waals surface area contributed by atoms with Gasteiger partial charge in [-0.25, -0.2) is 26.3 Å². The smallest absolute Gasteiger partial charge is 0.265 e. The first-order valence-electron chi connectivity index (χ1n) is 13.1. The molecule has 13 heteroatoms. The van der Waals surface area contributed by atoms with E-state index in [4.69, 9.17) is 9.47 Å². The van der Waals surface area contributed by atoms with Crippen molar-refractivity contribution >= 4 is 33.4 Å². The summed E-state index contributed by atoms with van der Waals surface area (Å²) in [5.41, 5.74) is -1.80. The van der Waals surface area contributed by atoms with Crippen LogP contribution in [0.2, 0.25) is 0 Å². The highest BCUT2D eigenvalue weighted by atomic mass is 32.2. The number of rotatable bonds is 12. The molecule has 40 heavy (non-hydrogen) atoms. The first-order valence-corrected chi connectivity index (χ1v) is 15.6. The lowest BCUT2D eigenvalue weighted by molar-refractivity contribution is -0.148. The van der Waals surface area contributed by atoms with Gasteiger partial charge < -0.3 is 14.8 Å². The second-order valence-electron chi connectivity index (χ2n) is 10.2. The molecule has 1 amide bonds. The van der Waals surface area contributed by atoms with Crippen LogP contribution in [0.1, 0.15) is 32.6 Å². The molecule has 0 unspecified atom stereocenters. The van der Waals surface area contributed by atoms with E-state index in [0.717, 1.165) is 24.4 Å². The summed E-state index contributed by atoms with van der Waals surface area (Å²) < 4.78 is 82.0. The lowest BCUT2D eigenvalue weighted by Crippen LogP contribution is -2.52. The van der Waals surface area contributed by atoms with Gasteiger partial charge in [-0.3, -0.25) is 9.69 Å². The number of hydrogen-bond donors (Lipinski definition) is 2. The zero-order valence-corrected chi connectivity index (χ0v) is 24.1. The van der Waals surface area contributed by atoms with E-state index in [1.807, 2.05) is 4.72 Å². The first-order chi connectivity index (χ1) is 19.0. The number of ether oxygens (including phenoxy) is 2. The number of likely N-dealkylation sites (tertiary alicyclic amines) is 1. The number of benzene rings is 2. The van der Waals surface area contributed by atoms with Crippen LogP contribution in [0.4, 0.5) is 18.9 Å². The van der Waals surface area contributed by atoms with Gasteiger partial charge in [0.25, 0.3) is 15.9 Å². The van der Waals surface area contributed by atoms with Crippen molar-refractivity contribution in [1.29, 1.82) is 0 Å². The molecule has 0 aliphatic carbocycles. The van der Waals surface area contributed by atoms with Crippen molar-refractivity contribution in [2.45, 2.75) is 60.1 Å². The molecule has 0 radical (unpaired) electrons. The summed E-state index contributed by atoms with van der Waals surface area (Å²) in [5, 5.41) is 2.90. The van der Waals surface area contributed by atoms with E-state index in [2.05, 4.69) is 10.2 Å². The van der Waals surface area contributed by atoms with Crippen molar-refractivity contribution in [3.05, 3.63) is 53.8 Å². The largest absolute Gasteiger partial charge is 0.379 e. The third-order valence-corrected chi connectivity index (χ3v) is 9.65. The van der Waals surface area contributed by atoms with Gasteiger partial charge in [0.15, 0.2) is 11.6 Å². The third kappa shape index (κ3) is 7.69. The molecule has 2 atom stereocenters. The number of halogens is 3. The fourth-order valence-electron chi connectivity index (χ4n) is 4.57. The SMILES string of the molecule is COC1CN(CC[C@H](CSc2ccc(F)cc2)Nc2c(F)cc(S(=O)(=O)NC(=O)[C@@]3(C)CCCCO3)cc2F)C1. The molecule has 0 spiro atoms. The molecule has 8 nitrogen and oxygen atoms in total. The molecule has 2 saturated heterocycles. The van der Waals surface area contributed by atoms with Crippen LogP contribution in [-0.2, 0) is 24.3 Å². The molecule has 2 N–H and O–H groups in total. The predicted octanol–water partition coefficient (Wildman–Crippen LogP) is 4.16. The van der Waals surface area contributed by atoms with Crippen LogP contribution in [-0.4, -0.2) is 76.1 Å². The molecule has 0 aromatic heterocycles. The fourth-order valence-corrected chi connectivity index (χ4v) is 6.63. The van der Waals surface area contributed by atoms with Gasteiger partial charge in [-0.05, 0) is 69.0 Å². The molecule has 2 aliphatic heterocycles. The van der Waals surface area contributed by atoms with Gasteiger partial charge in [0.1, 0.15) is 17.1 Å². The topological polar surface area (TPSA) is 97.0 Å². The quantitative estimate of drug-likeness (QED) is 0.350. The van der Waals surface area contributed by atoms with Crippen LogP contribution >= 0.6 is 11.8 Å². The van der Waals surface area contributed by atoms with Gasteiger partial charge in [-0.2, -0.15) is 0 Å². The summed E-state index contributed by atoms with van der Waals surface area (Å²) >= 11 is 1.41. The normalized spacial score (nSPS) is 21.0. The van der Waals surface area contributed by atoms with Crippen LogP contribution in [0.15, 0.2) is 46.2 Å². The molecule has 2 aliphatic rings. The Balaban J connectivity index is 1.46. The van der Waals surface area contributed by atoms with Crippen LogP contribution < -0.4 is 10.0 Å². The Hall–Kier alpha value is -2.32. The van der Waals surface area contributed by atoms with Crippen molar-refractivity contribution in [1.82, 2.24) is 9.62 Å². The minimum absolute atomic E-state index is 0.164. The maximum Gasteiger partial charge on any atom is 0.265 e. The highest BCUT2D eigenvalue weighted by Crippen LogP contribution is 2.29. The van der Waals surface area contributed by atoms with Gasteiger partial charge in [-0.1, -0.05) is 0 Å². The molecular weight excluding hydrogens is 567 g/mol. The summed E-state index contributed by atoms with van der Waals surface area (Å²) in [6.07, 6.45) is 2.49. The molecule has 2 aromatic rings. The Morgan fingerprint density at radius 3 is 2.45 bits per heavy atom. The molecule has 2 heterocycles. The molecule has 220 valence electrons. The van der Waals surface area contributed by atoms with Crippen LogP contribution in [0.3, 0.4) is 0 Å². The third-order valence-electron chi connectivity index (χ3n) is 7.17. The minimum Gasteiger partial charge on any atom is -0.379 e. The second-order valence-corrected chi connectivity index (χ2v) is 13.0. The lowest BCUT2D eigenvalue weighted by Gasteiger charge is -2.38. The number of anilines is 1. The number of hydrogen-bond acceptors (Lipinski definition) is 8. The average molecular weight is 602 g/mol. The molecule has 4 rings (SSSR count). The Bertz CT molecular complexity index is 1260. The zero-order valence-electron chi connectivity index (χ0n) is 22.4. The monoisotopic (exact) mass is 601 g/mol. The lowest BCUT2D eigenvalue weighted by atomic mass is 9.95. The summed E-state index contributed by atoms with van der Waals surface area (Å²) in [7, 11) is -2.90. The van der Waals surface area contributed by atoms with Crippen molar-refractivity contribution in [2.24, 2.45) is 0 Å². The van der Waals surface area contributed by atoms with E-state index in [-0.39, 0.29) is 11.9 Å². The van der Waals surface area contributed by atoms with E-state index in [9.17, 15) is 17.6 Å². The van der Waals surface area contributed by atoms with Crippen molar-refractivity contribution in [2.75, 3.05) is 44.4 Å². The Morgan fingerprint density at radius 2 is 1.85 bits per heavy atom. The van der Waals surface area contributed by atoms with Gasteiger partial charge in [0.2, 0.25) is 0 Å². The number of sulfonamides is 1. The molecular formula is C27H34F3N3O5S2. The second kappa shape index (κ2) is 13.1. The van der Waals surface area contributed by atoms with Crippen LogP contribution in [0.25, 0.3) is 0 Å². The van der Waals surface area contributed by atoms with Gasteiger partial charge in [-0.15, -0.1) is 11.8 Å². The number of carbonyl (C=O) groups is 1. The number of methoxy groups -OCH3 is 1. The van der Waals surface area contributed by atoms with Crippen molar-refractivity contribution < 1.29 is 35.9 Å². The summed E-state index contributed by atoms with van der Waals surface area (Å²) in [5.74, 6) is -3.03. The Kier molecular flexibility index (Phi) is 10.0. The zero-order chi connectivity index (χ0) is 28.9. The standard InChI is InChI=1S/C27H34F3N3O5S2/c1-27(10-3-4-12-38-27)26(34)32-40(35,36)22-13-23(29)25(24(30)14-22)31-19(9-11-33-15-20(16-33)37-2)17-39-21-7-5-18(28)6-8-21/h5-8,13-14,19-20,31H,3-4,9-12,15-17H2,1-2H3,(H,32,34)/t19-,27-/m1/s1. The summed E-state index contributed by atoms with van der Waals surface area (Å²) in [4.78, 5) is 14.9. The van der Waals surface area contributed by atoms with Gasteiger partial charge in [0.05, 0.1) is 11.0 Å². The van der Waals surface area contributed by atoms with E-state index < -0.39 is 49.8 Å². The number of amides is 1. The number of nitrogens with one attached hydrogen (secondary N) is 2. The van der Waals surface area contributed by atoms with Gasteiger partial charge in [0, 0.05) is 50.0 Å².